The molecule has 0 atom stereocenters. The molecule has 0 spiro atoms. The monoisotopic (exact) mass is 417 g/mol. The number of fused-ring (bicyclic) bond motifs is 3. The zero-order valence-corrected chi connectivity index (χ0v) is 17.1. The molecule has 29 heavy (non-hydrogen) atoms. The number of nitrogens with one attached hydrogen (secondary N) is 1. The Morgan fingerprint density at radius 1 is 1.03 bits per heavy atom. The lowest BCUT2D eigenvalue weighted by atomic mass is 10.0. The first kappa shape index (κ1) is 17.9. The Labute approximate surface area is 176 Å². The van der Waals surface area contributed by atoms with Crippen LogP contribution >= 0.6 is 22.9 Å². The predicted molar refractivity (Wildman–Crippen MR) is 119 cm³/mol. The van der Waals surface area contributed by atoms with Gasteiger partial charge in [-0.2, -0.15) is 4.98 Å². The second-order valence-electron chi connectivity index (χ2n) is 6.85. The quantitative estimate of drug-likeness (QED) is 0.418. The number of anilines is 2. The summed E-state index contributed by atoms with van der Waals surface area (Å²) in [5, 5.41) is 16.8. The van der Waals surface area contributed by atoms with Gasteiger partial charge in [0.05, 0.1) is 15.9 Å². The van der Waals surface area contributed by atoms with E-state index in [0.29, 0.717) is 15.0 Å². The molecule has 3 aromatic carbocycles. The average molecular weight is 418 g/mol. The van der Waals surface area contributed by atoms with Crippen LogP contribution in [0.4, 0.5) is 16.5 Å². The number of aromatic hydroxyl groups is 1. The number of thiazole rings is 1. The van der Waals surface area contributed by atoms with Crippen molar-refractivity contribution in [1.82, 2.24) is 4.98 Å². The predicted octanol–water partition coefficient (Wildman–Crippen LogP) is 5.31. The van der Waals surface area contributed by atoms with E-state index < -0.39 is 0 Å². The molecule has 1 aliphatic heterocycles. The third-order valence-electron chi connectivity index (χ3n) is 4.81. The SMILES string of the molecule is Cc1ccc(Nc2nc(O)c(C=c3ccc4c(c3)-c3ccccc3N=4)s2)cc1Cl. The van der Waals surface area contributed by atoms with Crippen LogP contribution in [-0.4, -0.2) is 10.1 Å². The highest BCUT2D eigenvalue weighted by Crippen LogP contribution is 2.33. The zero-order chi connectivity index (χ0) is 20.0. The topological polar surface area (TPSA) is 57.5 Å². The molecule has 142 valence electrons. The number of nitrogens with zero attached hydrogens (tertiary/aromatic N) is 2. The highest BCUT2D eigenvalue weighted by molar-refractivity contribution is 7.16. The van der Waals surface area contributed by atoms with Crippen LogP contribution in [0.25, 0.3) is 17.2 Å². The van der Waals surface area contributed by atoms with E-state index in [9.17, 15) is 5.11 Å². The van der Waals surface area contributed by atoms with Gasteiger partial charge in [-0.15, -0.1) is 0 Å². The maximum absolute atomic E-state index is 10.3. The Kier molecular flexibility index (Phi) is 4.34. The van der Waals surface area contributed by atoms with E-state index in [1.165, 1.54) is 11.3 Å². The normalized spacial score (nSPS) is 12.4. The molecule has 2 N–H and O–H groups in total. The van der Waals surface area contributed by atoms with Crippen molar-refractivity contribution in [3.8, 4) is 17.0 Å². The number of halogens is 1. The van der Waals surface area contributed by atoms with Crippen molar-refractivity contribution in [3.63, 3.8) is 0 Å². The van der Waals surface area contributed by atoms with Crippen molar-refractivity contribution in [2.24, 2.45) is 4.99 Å². The van der Waals surface area contributed by atoms with E-state index in [1.54, 1.807) is 0 Å². The molecule has 0 fully saturated rings. The van der Waals surface area contributed by atoms with E-state index in [1.807, 2.05) is 61.5 Å². The fourth-order valence-corrected chi connectivity index (χ4v) is 4.32. The summed E-state index contributed by atoms with van der Waals surface area (Å²) >= 11 is 7.57. The number of aryl methyl sites for hydroxylation is 1. The minimum Gasteiger partial charge on any atom is -0.492 e. The molecule has 0 aliphatic carbocycles. The van der Waals surface area contributed by atoms with Crippen molar-refractivity contribution in [3.05, 3.63) is 86.7 Å². The number of hydrogen-bond acceptors (Lipinski definition) is 5. The Hall–Kier alpha value is -3.15. The number of rotatable bonds is 3. The Morgan fingerprint density at radius 3 is 2.76 bits per heavy atom. The first-order valence-electron chi connectivity index (χ1n) is 9.10. The maximum Gasteiger partial charge on any atom is 0.231 e. The van der Waals surface area contributed by atoms with Gasteiger partial charge in [-0.1, -0.05) is 53.3 Å². The molecule has 0 saturated heterocycles. The van der Waals surface area contributed by atoms with Crippen molar-refractivity contribution in [1.29, 1.82) is 0 Å². The molecule has 1 aromatic heterocycles. The van der Waals surface area contributed by atoms with Gasteiger partial charge in [-0.3, -0.25) is 0 Å². The van der Waals surface area contributed by atoms with Crippen LogP contribution < -0.4 is 15.9 Å². The molecule has 0 saturated carbocycles. The number of para-hydroxylation sites is 1. The maximum atomic E-state index is 10.3. The fourth-order valence-electron chi connectivity index (χ4n) is 3.30. The Morgan fingerprint density at radius 2 is 1.90 bits per heavy atom. The van der Waals surface area contributed by atoms with Gasteiger partial charge in [0.15, 0.2) is 5.13 Å². The van der Waals surface area contributed by atoms with Gasteiger partial charge in [-0.25, -0.2) is 4.99 Å². The average Bonchev–Trinajstić information content (AvgIpc) is 3.24. The molecule has 6 heteroatoms. The van der Waals surface area contributed by atoms with Gasteiger partial charge >= 0.3 is 0 Å². The van der Waals surface area contributed by atoms with E-state index in [2.05, 4.69) is 27.4 Å². The molecule has 0 unspecified atom stereocenters. The van der Waals surface area contributed by atoms with Crippen LogP contribution in [0.3, 0.4) is 0 Å². The first-order chi connectivity index (χ1) is 14.1. The van der Waals surface area contributed by atoms with Crippen LogP contribution in [0.15, 0.2) is 65.7 Å². The third kappa shape index (κ3) is 3.39. The van der Waals surface area contributed by atoms with Crippen molar-refractivity contribution >= 4 is 45.5 Å². The molecule has 4 aromatic rings. The Balaban J connectivity index is 1.48. The van der Waals surface area contributed by atoms with Gasteiger partial charge in [-0.05, 0) is 54.1 Å². The molecule has 2 heterocycles. The lowest BCUT2D eigenvalue weighted by Gasteiger charge is -2.04. The summed E-state index contributed by atoms with van der Waals surface area (Å²) in [6, 6.07) is 19.9. The second kappa shape index (κ2) is 7.03. The van der Waals surface area contributed by atoms with Gasteiger partial charge in [0.25, 0.3) is 0 Å². The van der Waals surface area contributed by atoms with E-state index in [-0.39, 0.29) is 5.88 Å². The molecule has 0 amide bonds. The summed E-state index contributed by atoms with van der Waals surface area (Å²) in [6.07, 6.45) is 1.93. The first-order valence-corrected chi connectivity index (χ1v) is 10.3. The summed E-state index contributed by atoms with van der Waals surface area (Å²) in [6.45, 7) is 1.96. The summed E-state index contributed by atoms with van der Waals surface area (Å²) in [5.41, 5.74) is 5.06. The summed E-state index contributed by atoms with van der Waals surface area (Å²) < 4.78 is 0. The standard InChI is InChI=1S/C23H16ClN3OS/c1-13-6-8-15(12-18(13)24)25-23-27-22(28)21(29-23)11-14-7-9-20-17(10-14)16-4-2-3-5-19(16)26-20/h2-12,28H,1H3,(H,25,27). The molecule has 4 nitrogen and oxygen atoms in total. The summed E-state index contributed by atoms with van der Waals surface area (Å²) in [7, 11) is 0. The largest absolute Gasteiger partial charge is 0.492 e. The lowest BCUT2D eigenvalue weighted by Crippen LogP contribution is -2.09. The van der Waals surface area contributed by atoms with Gasteiger partial charge in [0, 0.05) is 21.8 Å². The molecule has 1 aliphatic rings. The van der Waals surface area contributed by atoms with E-state index >= 15 is 0 Å². The minimum absolute atomic E-state index is 0.00120. The third-order valence-corrected chi connectivity index (χ3v) is 6.13. The van der Waals surface area contributed by atoms with Crippen LogP contribution in [0.2, 0.25) is 5.02 Å². The van der Waals surface area contributed by atoms with Crippen LogP contribution in [0.1, 0.15) is 10.4 Å². The smallest absolute Gasteiger partial charge is 0.231 e. The lowest BCUT2D eigenvalue weighted by molar-refractivity contribution is 0.457. The van der Waals surface area contributed by atoms with E-state index in [0.717, 1.165) is 38.6 Å². The minimum atomic E-state index is 0.00120. The number of benzene rings is 3. The van der Waals surface area contributed by atoms with Crippen LogP contribution in [0, 0.1) is 6.92 Å². The van der Waals surface area contributed by atoms with Crippen molar-refractivity contribution in [2.45, 2.75) is 6.92 Å². The van der Waals surface area contributed by atoms with Crippen molar-refractivity contribution < 1.29 is 5.11 Å². The second-order valence-corrected chi connectivity index (χ2v) is 8.28. The van der Waals surface area contributed by atoms with Gasteiger partial charge < -0.3 is 10.4 Å². The van der Waals surface area contributed by atoms with Gasteiger partial charge in [0.1, 0.15) is 0 Å². The molecule has 0 radical (unpaired) electrons. The summed E-state index contributed by atoms with van der Waals surface area (Å²) in [4.78, 5) is 9.57. The highest BCUT2D eigenvalue weighted by Gasteiger charge is 2.13. The van der Waals surface area contributed by atoms with Crippen LogP contribution in [0.5, 0.6) is 5.88 Å². The highest BCUT2D eigenvalue weighted by atomic mass is 35.5. The molecule has 5 rings (SSSR count). The fraction of sp³-hybridized carbons (Fsp3) is 0.0435. The molecular weight excluding hydrogens is 402 g/mol. The number of aromatic nitrogens is 1. The van der Waals surface area contributed by atoms with E-state index in [4.69, 9.17) is 11.6 Å². The number of hydrogen-bond donors (Lipinski definition) is 2. The molecule has 0 bridgehead atoms. The summed E-state index contributed by atoms with van der Waals surface area (Å²) in [5.74, 6) is 0.00120. The zero-order valence-electron chi connectivity index (χ0n) is 15.5. The molecular formula is C23H16ClN3OS. The van der Waals surface area contributed by atoms with Gasteiger partial charge in [0.2, 0.25) is 5.88 Å². The Bertz CT molecular complexity index is 1380. The van der Waals surface area contributed by atoms with Crippen LogP contribution in [-0.2, 0) is 0 Å². The van der Waals surface area contributed by atoms with Crippen molar-refractivity contribution in [2.75, 3.05) is 5.32 Å².